The Morgan fingerprint density at radius 2 is 1.58 bits per heavy atom. The van der Waals surface area contributed by atoms with Crippen molar-refractivity contribution in [3.8, 4) is 0 Å². The van der Waals surface area contributed by atoms with Crippen LogP contribution in [0.2, 0.25) is 0 Å². The van der Waals surface area contributed by atoms with Crippen molar-refractivity contribution in [1.82, 2.24) is 4.90 Å². The lowest BCUT2D eigenvalue weighted by atomic mass is 9.88. The molecule has 0 aliphatic carbocycles. The van der Waals surface area contributed by atoms with Gasteiger partial charge in [-0.3, -0.25) is 9.69 Å². The van der Waals surface area contributed by atoms with Crippen molar-refractivity contribution in [2.24, 2.45) is 5.92 Å². The molecule has 1 atom stereocenters. The number of hydrogen-bond acceptors (Lipinski definition) is 3. The third-order valence-electron chi connectivity index (χ3n) is 5.06. The van der Waals surface area contributed by atoms with Gasteiger partial charge in [-0.15, -0.1) is 0 Å². The van der Waals surface area contributed by atoms with Gasteiger partial charge in [0.2, 0.25) is 5.78 Å². The Morgan fingerprint density at radius 3 is 2.17 bits per heavy atom. The van der Waals surface area contributed by atoms with Crippen molar-refractivity contribution in [3.05, 3.63) is 71.8 Å². The quantitative estimate of drug-likeness (QED) is 0.856. The van der Waals surface area contributed by atoms with Crippen LogP contribution in [0.25, 0.3) is 0 Å². The van der Waals surface area contributed by atoms with Crippen LogP contribution >= 0.6 is 0 Å². The molecule has 126 valence electrons. The molecule has 0 radical (unpaired) electrons. The van der Waals surface area contributed by atoms with E-state index in [1.165, 1.54) is 5.56 Å². The van der Waals surface area contributed by atoms with Crippen LogP contribution < -0.4 is 0 Å². The van der Waals surface area contributed by atoms with Crippen LogP contribution in [0.4, 0.5) is 0 Å². The molecule has 3 rings (SSSR count). The molecule has 1 unspecified atom stereocenters. The predicted molar refractivity (Wildman–Crippen MR) is 95.8 cm³/mol. The highest BCUT2D eigenvalue weighted by Crippen LogP contribution is 2.27. The van der Waals surface area contributed by atoms with Crippen molar-refractivity contribution in [2.75, 3.05) is 13.1 Å². The molecule has 1 saturated heterocycles. The molecule has 3 nitrogen and oxygen atoms in total. The number of carbonyl (C=O) groups excluding carboxylic acids is 1. The first-order valence-corrected chi connectivity index (χ1v) is 8.68. The average molecular weight is 323 g/mol. The number of Topliss-reactive ketones (excluding diaryl/α,β-unsaturated/α-hetero) is 1. The number of likely N-dealkylation sites (tertiary alicyclic amines) is 1. The number of carbonyl (C=O) groups is 1. The fourth-order valence-electron chi connectivity index (χ4n) is 3.53. The minimum Gasteiger partial charge on any atom is -0.369 e. The fraction of sp³-hybridized carbons (Fsp3) is 0.381. The van der Waals surface area contributed by atoms with Crippen LogP contribution in [0.5, 0.6) is 0 Å². The van der Waals surface area contributed by atoms with Crippen LogP contribution in [0, 0.1) is 5.92 Å². The molecular formula is C21H25NO2. The number of benzene rings is 2. The minimum atomic E-state index is -1.43. The van der Waals surface area contributed by atoms with Gasteiger partial charge in [0.1, 0.15) is 0 Å². The molecule has 0 bridgehead atoms. The minimum absolute atomic E-state index is 0.218. The molecule has 0 amide bonds. The predicted octanol–water partition coefficient (Wildman–Crippen LogP) is 3.53. The monoisotopic (exact) mass is 323 g/mol. The summed E-state index contributed by atoms with van der Waals surface area (Å²) in [4.78, 5) is 14.6. The Hall–Kier alpha value is -1.97. The molecule has 0 saturated carbocycles. The summed E-state index contributed by atoms with van der Waals surface area (Å²) in [5.41, 5.74) is 0.496. The maximum Gasteiger partial charge on any atom is 0.209 e. The number of aliphatic hydroxyl groups is 1. The molecule has 3 heteroatoms. The summed E-state index contributed by atoms with van der Waals surface area (Å²) in [6.07, 6.45) is 3.09. The SMILES string of the molecule is CC(O)(C(=O)c1ccccc1)N1CCC(Cc2ccccc2)CC1. The third kappa shape index (κ3) is 3.74. The van der Waals surface area contributed by atoms with E-state index in [0.717, 1.165) is 32.4 Å². The van der Waals surface area contributed by atoms with E-state index >= 15 is 0 Å². The molecule has 0 spiro atoms. The third-order valence-corrected chi connectivity index (χ3v) is 5.06. The van der Waals surface area contributed by atoms with E-state index in [1.807, 2.05) is 29.2 Å². The van der Waals surface area contributed by atoms with E-state index in [4.69, 9.17) is 0 Å². The molecule has 0 aromatic heterocycles. The van der Waals surface area contributed by atoms with Crippen molar-refractivity contribution >= 4 is 5.78 Å². The second-order valence-corrected chi connectivity index (χ2v) is 6.84. The second kappa shape index (κ2) is 7.29. The van der Waals surface area contributed by atoms with Crippen molar-refractivity contribution < 1.29 is 9.90 Å². The summed E-state index contributed by atoms with van der Waals surface area (Å²) in [7, 11) is 0. The Labute approximate surface area is 143 Å². The molecule has 1 aliphatic rings. The Bertz CT molecular complexity index is 659. The van der Waals surface area contributed by atoms with E-state index in [-0.39, 0.29) is 5.78 Å². The van der Waals surface area contributed by atoms with E-state index in [2.05, 4.69) is 24.3 Å². The number of rotatable bonds is 5. The van der Waals surface area contributed by atoms with Crippen molar-refractivity contribution in [2.45, 2.75) is 31.9 Å². The Balaban J connectivity index is 1.60. The van der Waals surface area contributed by atoms with Gasteiger partial charge in [0.05, 0.1) is 0 Å². The number of hydrogen-bond donors (Lipinski definition) is 1. The van der Waals surface area contributed by atoms with Gasteiger partial charge >= 0.3 is 0 Å². The molecule has 2 aromatic carbocycles. The van der Waals surface area contributed by atoms with E-state index < -0.39 is 5.72 Å². The van der Waals surface area contributed by atoms with E-state index in [0.29, 0.717) is 11.5 Å². The van der Waals surface area contributed by atoms with Gasteiger partial charge in [-0.2, -0.15) is 0 Å². The van der Waals surface area contributed by atoms with Crippen molar-refractivity contribution in [3.63, 3.8) is 0 Å². The molecule has 24 heavy (non-hydrogen) atoms. The maximum absolute atomic E-state index is 12.6. The zero-order valence-corrected chi connectivity index (χ0v) is 14.2. The first-order chi connectivity index (χ1) is 11.6. The molecule has 1 fully saturated rings. The van der Waals surface area contributed by atoms with Crippen LogP contribution in [0.3, 0.4) is 0 Å². The van der Waals surface area contributed by atoms with Gasteiger partial charge < -0.3 is 5.11 Å². The molecular weight excluding hydrogens is 298 g/mol. The molecule has 2 aromatic rings. The average Bonchev–Trinajstić information content (AvgIpc) is 2.63. The standard InChI is InChI=1S/C21H25NO2/c1-21(24,20(23)19-10-6-3-7-11-19)22-14-12-18(13-15-22)16-17-8-4-2-5-9-17/h2-11,18,24H,12-16H2,1H3. The summed E-state index contributed by atoms with van der Waals surface area (Å²) in [5.74, 6) is 0.399. The van der Waals surface area contributed by atoms with Gasteiger partial charge in [-0.25, -0.2) is 0 Å². The first-order valence-electron chi connectivity index (χ1n) is 8.68. The van der Waals surface area contributed by atoms with Gasteiger partial charge in [0.25, 0.3) is 0 Å². The summed E-state index contributed by atoms with van der Waals surface area (Å²) in [5, 5.41) is 10.8. The van der Waals surface area contributed by atoms with Gasteiger partial charge in [0.15, 0.2) is 5.72 Å². The lowest BCUT2D eigenvalue weighted by Crippen LogP contribution is -2.55. The Morgan fingerprint density at radius 1 is 1.04 bits per heavy atom. The number of ketones is 1. The van der Waals surface area contributed by atoms with Crippen LogP contribution in [0.15, 0.2) is 60.7 Å². The van der Waals surface area contributed by atoms with Gasteiger partial charge in [-0.05, 0) is 37.7 Å². The summed E-state index contributed by atoms with van der Waals surface area (Å²) < 4.78 is 0. The van der Waals surface area contributed by atoms with Crippen LogP contribution in [-0.4, -0.2) is 34.6 Å². The van der Waals surface area contributed by atoms with Crippen LogP contribution in [0.1, 0.15) is 35.7 Å². The summed E-state index contributed by atoms with van der Waals surface area (Å²) in [6, 6.07) is 19.6. The first kappa shape index (κ1) is 16.9. The highest BCUT2D eigenvalue weighted by atomic mass is 16.3. The number of nitrogens with zero attached hydrogens (tertiary/aromatic N) is 1. The normalized spacial score (nSPS) is 18.9. The molecule has 1 N–H and O–H groups in total. The maximum atomic E-state index is 12.6. The summed E-state index contributed by atoms with van der Waals surface area (Å²) in [6.45, 7) is 3.13. The number of piperidine rings is 1. The lowest BCUT2D eigenvalue weighted by Gasteiger charge is -2.40. The van der Waals surface area contributed by atoms with E-state index in [1.54, 1.807) is 19.1 Å². The smallest absolute Gasteiger partial charge is 0.209 e. The zero-order valence-electron chi connectivity index (χ0n) is 14.2. The zero-order chi connectivity index (χ0) is 17.0. The fourth-order valence-corrected chi connectivity index (χ4v) is 3.53. The van der Waals surface area contributed by atoms with E-state index in [9.17, 15) is 9.90 Å². The van der Waals surface area contributed by atoms with Gasteiger partial charge in [0, 0.05) is 18.7 Å². The highest BCUT2D eigenvalue weighted by molar-refractivity contribution is 6.01. The lowest BCUT2D eigenvalue weighted by molar-refractivity contribution is -0.0766. The topological polar surface area (TPSA) is 40.5 Å². The Kier molecular flexibility index (Phi) is 5.12. The summed E-state index contributed by atoms with van der Waals surface area (Å²) >= 11 is 0. The van der Waals surface area contributed by atoms with Crippen LogP contribution in [-0.2, 0) is 6.42 Å². The largest absolute Gasteiger partial charge is 0.369 e. The van der Waals surface area contributed by atoms with Gasteiger partial charge in [-0.1, -0.05) is 60.7 Å². The highest BCUT2D eigenvalue weighted by Gasteiger charge is 2.39. The molecule has 1 aliphatic heterocycles. The second-order valence-electron chi connectivity index (χ2n) is 6.84. The molecule has 1 heterocycles. The van der Waals surface area contributed by atoms with Crippen molar-refractivity contribution in [1.29, 1.82) is 0 Å².